The summed E-state index contributed by atoms with van der Waals surface area (Å²) in [5.41, 5.74) is 1.51. The van der Waals surface area contributed by atoms with Gasteiger partial charge in [-0.1, -0.05) is 6.07 Å². The third kappa shape index (κ3) is 5.37. The van der Waals surface area contributed by atoms with Crippen molar-refractivity contribution in [3.63, 3.8) is 0 Å². The Hall–Kier alpha value is -1.86. The average molecular weight is 324 g/mol. The molecule has 1 aromatic carbocycles. The van der Waals surface area contributed by atoms with Gasteiger partial charge in [0, 0.05) is 40.3 Å². The molecule has 1 aliphatic heterocycles. The van der Waals surface area contributed by atoms with Crippen molar-refractivity contribution in [2.24, 2.45) is 4.99 Å². The summed E-state index contributed by atoms with van der Waals surface area (Å²) < 4.78 is 24.6. The molecule has 1 saturated heterocycles. The van der Waals surface area contributed by atoms with Crippen molar-refractivity contribution in [2.75, 3.05) is 58.5 Å². The molecule has 6 nitrogen and oxygen atoms in total. The van der Waals surface area contributed by atoms with Crippen molar-refractivity contribution in [1.82, 2.24) is 10.6 Å². The monoisotopic (exact) mass is 324 g/mol. The van der Waals surface area contributed by atoms with Crippen LogP contribution >= 0.6 is 0 Å². The highest BCUT2D eigenvalue weighted by molar-refractivity contribution is 5.79. The molecule has 0 amide bonds. The Kier molecular flexibility index (Phi) is 7.09. The highest BCUT2D eigenvalue weighted by Crippen LogP contribution is 2.21. The molecule has 0 atom stereocenters. The molecule has 0 aliphatic carbocycles. The number of rotatable bonds is 6. The number of nitrogens with one attached hydrogen (secondary N) is 2. The minimum Gasteiger partial charge on any atom is -0.383 e. The van der Waals surface area contributed by atoms with E-state index in [0.717, 1.165) is 18.7 Å². The van der Waals surface area contributed by atoms with Gasteiger partial charge in [0.1, 0.15) is 5.82 Å². The van der Waals surface area contributed by atoms with E-state index in [9.17, 15) is 4.39 Å². The quantitative estimate of drug-likeness (QED) is 0.464. The second-order valence-corrected chi connectivity index (χ2v) is 5.23. The Labute approximate surface area is 136 Å². The number of morpholine rings is 1. The van der Waals surface area contributed by atoms with Crippen molar-refractivity contribution < 1.29 is 13.9 Å². The maximum absolute atomic E-state index is 14.3. The zero-order valence-electron chi connectivity index (χ0n) is 13.8. The second-order valence-electron chi connectivity index (χ2n) is 5.23. The smallest absolute Gasteiger partial charge is 0.191 e. The minimum absolute atomic E-state index is 0.200. The van der Waals surface area contributed by atoms with Crippen LogP contribution in [0, 0.1) is 5.82 Å². The molecule has 0 spiro atoms. The molecule has 0 unspecified atom stereocenters. The zero-order chi connectivity index (χ0) is 16.5. The van der Waals surface area contributed by atoms with Gasteiger partial charge >= 0.3 is 0 Å². The fraction of sp³-hybridized carbons (Fsp3) is 0.562. The molecule has 0 saturated carbocycles. The number of hydrogen-bond acceptors (Lipinski definition) is 4. The van der Waals surface area contributed by atoms with Crippen LogP contribution in [0.2, 0.25) is 0 Å². The molecule has 0 aromatic heterocycles. The van der Waals surface area contributed by atoms with Gasteiger partial charge in [-0.05, 0) is 17.7 Å². The molecule has 1 aromatic rings. The van der Waals surface area contributed by atoms with E-state index >= 15 is 0 Å². The lowest BCUT2D eigenvalue weighted by Gasteiger charge is -2.29. The largest absolute Gasteiger partial charge is 0.383 e. The van der Waals surface area contributed by atoms with E-state index in [0.29, 0.717) is 44.6 Å². The predicted molar refractivity (Wildman–Crippen MR) is 89.5 cm³/mol. The Bertz CT molecular complexity index is 519. The highest BCUT2D eigenvalue weighted by Gasteiger charge is 2.15. The third-order valence-electron chi connectivity index (χ3n) is 3.65. The molecule has 2 rings (SSSR count). The van der Waals surface area contributed by atoms with Crippen LogP contribution in [0.15, 0.2) is 23.2 Å². The van der Waals surface area contributed by atoms with Gasteiger partial charge in [-0.25, -0.2) is 4.39 Å². The van der Waals surface area contributed by atoms with Crippen molar-refractivity contribution in [3.8, 4) is 0 Å². The summed E-state index contributed by atoms with van der Waals surface area (Å²) in [6.07, 6.45) is 0. The van der Waals surface area contributed by atoms with Gasteiger partial charge in [-0.3, -0.25) is 4.99 Å². The molecule has 128 valence electrons. The first-order valence-electron chi connectivity index (χ1n) is 7.79. The summed E-state index contributed by atoms with van der Waals surface area (Å²) in [6, 6.07) is 5.34. The summed E-state index contributed by atoms with van der Waals surface area (Å²) in [5.74, 6) is 0.466. The van der Waals surface area contributed by atoms with Crippen molar-refractivity contribution in [3.05, 3.63) is 29.6 Å². The number of guanidine groups is 1. The van der Waals surface area contributed by atoms with Crippen LogP contribution in [0.1, 0.15) is 5.56 Å². The molecule has 1 fully saturated rings. The lowest BCUT2D eigenvalue weighted by molar-refractivity contribution is 0.122. The van der Waals surface area contributed by atoms with Gasteiger partial charge in [0.2, 0.25) is 0 Å². The van der Waals surface area contributed by atoms with Crippen LogP contribution in [-0.2, 0) is 16.0 Å². The molecular formula is C16H25FN4O2. The molecule has 1 heterocycles. The van der Waals surface area contributed by atoms with Crippen LogP contribution < -0.4 is 15.5 Å². The topological polar surface area (TPSA) is 58.1 Å². The Morgan fingerprint density at radius 2 is 2.13 bits per heavy atom. The van der Waals surface area contributed by atoms with Gasteiger partial charge in [0.25, 0.3) is 0 Å². The Balaban J connectivity index is 1.89. The lowest BCUT2D eigenvalue weighted by Crippen LogP contribution is -2.38. The van der Waals surface area contributed by atoms with E-state index in [1.54, 1.807) is 20.2 Å². The van der Waals surface area contributed by atoms with Crippen molar-refractivity contribution >= 4 is 11.6 Å². The third-order valence-corrected chi connectivity index (χ3v) is 3.65. The number of methoxy groups -OCH3 is 1. The molecular weight excluding hydrogens is 299 g/mol. The highest BCUT2D eigenvalue weighted by atomic mass is 19.1. The van der Waals surface area contributed by atoms with Crippen molar-refractivity contribution in [1.29, 1.82) is 0 Å². The summed E-state index contributed by atoms with van der Waals surface area (Å²) >= 11 is 0. The number of benzene rings is 1. The first-order chi connectivity index (χ1) is 11.2. The fourth-order valence-electron chi connectivity index (χ4n) is 2.40. The van der Waals surface area contributed by atoms with E-state index in [4.69, 9.17) is 9.47 Å². The number of nitrogens with zero attached hydrogens (tertiary/aromatic N) is 2. The summed E-state index contributed by atoms with van der Waals surface area (Å²) in [6.45, 7) is 4.52. The van der Waals surface area contributed by atoms with E-state index in [2.05, 4.69) is 15.6 Å². The summed E-state index contributed by atoms with van der Waals surface area (Å²) in [5, 5.41) is 6.27. The molecule has 2 N–H and O–H groups in total. The molecule has 0 bridgehead atoms. The van der Waals surface area contributed by atoms with Gasteiger partial charge in [-0.2, -0.15) is 0 Å². The lowest BCUT2D eigenvalue weighted by atomic mass is 10.1. The first-order valence-corrected chi connectivity index (χ1v) is 7.79. The maximum Gasteiger partial charge on any atom is 0.191 e. The van der Waals surface area contributed by atoms with E-state index < -0.39 is 0 Å². The molecule has 23 heavy (non-hydrogen) atoms. The SMILES string of the molecule is CN=C(NCCOC)NCc1ccc(N2CCOCC2)c(F)c1. The zero-order valence-corrected chi connectivity index (χ0v) is 13.8. The normalized spacial score (nSPS) is 15.6. The first kappa shape index (κ1) is 17.5. The number of aliphatic imine (C=N–C) groups is 1. The van der Waals surface area contributed by atoms with Crippen molar-refractivity contribution in [2.45, 2.75) is 6.54 Å². The van der Waals surface area contributed by atoms with E-state index in [-0.39, 0.29) is 5.82 Å². The van der Waals surface area contributed by atoms with Gasteiger partial charge in [0.15, 0.2) is 5.96 Å². The molecule has 1 aliphatic rings. The second kappa shape index (κ2) is 9.32. The molecule has 0 radical (unpaired) electrons. The Morgan fingerprint density at radius 3 is 2.78 bits per heavy atom. The van der Waals surface area contributed by atoms with E-state index in [1.807, 2.05) is 17.0 Å². The van der Waals surface area contributed by atoms with E-state index in [1.165, 1.54) is 0 Å². The number of hydrogen-bond donors (Lipinski definition) is 2. The van der Waals surface area contributed by atoms with Crippen LogP contribution in [0.3, 0.4) is 0 Å². The van der Waals surface area contributed by atoms with Gasteiger partial charge in [-0.15, -0.1) is 0 Å². The standard InChI is InChI=1S/C16H25FN4O2/c1-18-16(19-5-8-22-2)20-12-13-3-4-15(14(17)11-13)21-6-9-23-10-7-21/h3-4,11H,5-10,12H2,1-2H3,(H2,18,19,20). The van der Waals surface area contributed by atoms with Crippen LogP contribution in [0.4, 0.5) is 10.1 Å². The molecule has 7 heteroatoms. The van der Waals surface area contributed by atoms with Crippen LogP contribution in [0.25, 0.3) is 0 Å². The summed E-state index contributed by atoms with van der Waals surface area (Å²) in [7, 11) is 3.35. The van der Waals surface area contributed by atoms with Gasteiger partial charge < -0.3 is 25.0 Å². The fourth-order valence-corrected chi connectivity index (χ4v) is 2.40. The summed E-state index contributed by atoms with van der Waals surface area (Å²) in [4.78, 5) is 6.13. The predicted octanol–water partition coefficient (Wildman–Crippen LogP) is 0.974. The minimum atomic E-state index is -0.200. The van der Waals surface area contributed by atoms with Gasteiger partial charge in [0.05, 0.1) is 25.5 Å². The van der Waals surface area contributed by atoms with Crippen LogP contribution in [0.5, 0.6) is 0 Å². The Morgan fingerprint density at radius 1 is 1.35 bits per heavy atom. The maximum atomic E-state index is 14.3. The number of halogens is 1. The van der Waals surface area contributed by atoms with Crippen LogP contribution in [-0.4, -0.2) is 59.6 Å². The number of anilines is 1. The average Bonchev–Trinajstić information content (AvgIpc) is 2.59. The number of ether oxygens (including phenoxy) is 2.